The summed E-state index contributed by atoms with van der Waals surface area (Å²) in [7, 11) is 0. The third-order valence-corrected chi connectivity index (χ3v) is 6.81. The Morgan fingerprint density at radius 1 is 1.06 bits per heavy atom. The fraction of sp³-hybridized carbons (Fsp3) is 0.379. The van der Waals surface area contributed by atoms with Crippen LogP contribution in [0.4, 0.5) is 9.18 Å². The molecule has 0 radical (unpaired) electrons. The molecule has 7 heteroatoms. The number of amides is 1. The molecule has 1 aliphatic rings. The number of rotatable bonds is 8. The molecule has 0 bridgehead atoms. The van der Waals surface area contributed by atoms with Crippen molar-refractivity contribution in [3.05, 3.63) is 94.4 Å². The molecule has 1 aromatic heterocycles. The topological polar surface area (TPSA) is 71.8 Å². The molecule has 1 saturated heterocycles. The molecular weight excluding hydrogens is 459 g/mol. The van der Waals surface area contributed by atoms with Crippen LogP contribution < -0.4 is 5.56 Å². The van der Waals surface area contributed by atoms with Crippen LogP contribution in [0.5, 0.6) is 0 Å². The van der Waals surface area contributed by atoms with Crippen LogP contribution >= 0.6 is 0 Å². The van der Waals surface area contributed by atoms with Crippen LogP contribution in [0.2, 0.25) is 0 Å². The van der Waals surface area contributed by atoms with E-state index in [1.165, 1.54) is 10.6 Å². The Morgan fingerprint density at radius 2 is 1.75 bits per heavy atom. The molecular formula is C29H33FN2O4. The maximum Gasteiger partial charge on any atom is 0.411 e. The van der Waals surface area contributed by atoms with Gasteiger partial charge in [-0.15, -0.1) is 0 Å². The Bertz CT molecular complexity index is 1250. The standard InChI is InChI=1S/C29H33FN2O4/c1-21(22-9-11-23(12-10-22)24-13-16-31(18-15-30)26(33)19-24)32-17-14-29(36-27(32)34,20-28(2,3)35)25-7-5-4-6-8-25/h4-13,16,19,21,35H,14-15,17-18,20H2,1-3H3. The van der Waals surface area contributed by atoms with E-state index in [9.17, 15) is 19.1 Å². The molecule has 1 fully saturated rings. The SMILES string of the molecule is CC(c1ccc(-c2ccn(CCF)c(=O)c2)cc1)N1CCC(CC(C)(C)O)(c2ccccc2)OC1=O. The Hall–Kier alpha value is -3.45. The number of aromatic nitrogens is 1. The normalized spacial score (nSPS) is 19.1. The third-order valence-electron chi connectivity index (χ3n) is 6.81. The van der Waals surface area contributed by atoms with Crippen molar-refractivity contribution in [2.45, 2.75) is 57.4 Å². The van der Waals surface area contributed by atoms with Crippen molar-refractivity contribution in [2.24, 2.45) is 0 Å². The molecule has 1 amide bonds. The van der Waals surface area contributed by atoms with E-state index in [0.717, 1.165) is 22.3 Å². The monoisotopic (exact) mass is 492 g/mol. The zero-order valence-electron chi connectivity index (χ0n) is 21.0. The molecule has 0 spiro atoms. The van der Waals surface area contributed by atoms with Gasteiger partial charge in [0.25, 0.3) is 5.56 Å². The van der Waals surface area contributed by atoms with Crippen LogP contribution in [0.1, 0.15) is 50.8 Å². The van der Waals surface area contributed by atoms with Gasteiger partial charge in [0.1, 0.15) is 12.3 Å². The van der Waals surface area contributed by atoms with Gasteiger partial charge >= 0.3 is 6.09 Å². The number of cyclic esters (lactones) is 1. The number of hydrogen-bond acceptors (Lipinski definition) is 4. The van der Waals surface area contributed by atoms with Gasteiger partial charge in [0.05, 0.1) is 18.2 Å². The minimum absolute atomic E-state index is 0.0445. The summed E-state index contributed by atoms with van der Waals surface area (Å²) in [6.45, 7) is 5.35. The Kier molecular flexibility index (Phi) is 7.31. The highest BCUT2D eigenvalue weighted by molar-refractivity contribution is 5.70. The highest BCUT2D eigenvalue weighted by Crippen LogP contribution is 2.42. The highest BCUT2D eigenvalue weighted by Gasteiger charge is 2.46. The number of benzene rings is 2. The number of carbonyl (C=O) groups is 1. The van der Waals surface area contributed by atoms with Crippen molar-refractivity contribution in [3.63, 3.8) is 0 Å². The molecule has 190 valence electrons. The number of halogens is 1. The second-order valence-electron chi connectivity index (χ2n) is 10.1. The molecule has 1 aliphatic heterocycles. The predicted octanol–water partition coefficient (Wildman–Crippen LogP) is 5.44. The van der Waals surface area contributed by atoms with Gasteiger partial charge in [-0.05, 0) is 49.1 Å². The summed E-state index contributed by atoms with van der Waals surface area (Å²) >= 11 is 0. The molecule has 6 nitrogen and oxygen atoms in total. The first-order chi connectivity index (χ1) is 17.1. The van der Waals surface area contributed by atoms with Gasteiger partial charge in [-0.2, -0.15) is 0 Å². The molecule has 0 aliphatic carbocycles. The van der Waals surface area contributed by atoms with Crippen LogP contribution in [-0.4, -0.2) is 39.5 Å². The van der Waals surface area contributed by atoms with Gasteiger partial charge < -0.3 is 19.3 Å². The van der Waals surface area contributed by atoms with Gasteiger partial charge in [-0.25, -0.2) is 9.18 Å². The number of aliphatic hydroxyl groups is 1. The molecule has 0 saturated carbocycles. The van der Waals surface area contributed by atoms with Crippen molar-refractivity contribution in [1.82, 2.24) is 9.47 Å². The first kappa shape index (κ1) is 25.6. The number of alkyl halides is 1. The van der Waals surface area contributed by atoms with E-state index in [-0.39, 0.29) is 18.1 Å². The lowest BCUT2D eigenvalue weighted by Crippen LogP contribution is -2.51. The van der Waals surface area contributed by atoms with Gasteiger partial charge in [-0.3, -0.25) is 4.79 Å². The lowest BCUT2D eigenvalue weighted by atomic mass is 9.80. The summed E-state index contributed by atoms with van der Waals surface area (Å²) in [6, 6.07) is 20.4. The first-order valence-electron chi connectivity index (χ1n) is 12.3. The molecule has 3 aromatic rings. The average molecular weight is 493 g/mol. The minimum atomic E-state index is -1.01. The third kappa shape index (κ3) is 5.51. The quantitative estimate of drug-likeness (QED) is 0.454. The van der Waals surface area contributed by atoms with Crippen LogP contribution in [0, 0.1) is 0 Å². The van der Waals surface area contributed by atoms with E-state index < -0.39 is 24.0 Å². The number of nitrogens with zero attached hydrogens (tertiary/aromatic N) is 2. The lowest BCUT2D eigenvalue weighted by molar-refractivity contribution is -0.101. The fourth-order valence-corrected chi connectivity index (χ4v) is 4.99. The van der Waals surface area contributed by atoms with Gasteiger partial charge in [0.2, 0.25) is 0 Å². The number of hydrogen-bond donors (Lipinski definition) is 1. The molecule has 2 unspecified atom stereocenters. The predicted molar refractivity (Wildman–Crippen MR) is 137 cm³/mol. The summed E-state index contributed by atoms with van der Waals surface area (Å²) in [5, 5.41) is 10.6. The van der Waals surface area contributed by atoms with E-state index in [2.05, 4.69) is 0 Å². The zero-order chi connectivity index (χ0) is 25.9. The Balaban J connectivity index is 1.52. The van der Waals surface area contributed by atoms with E-state index >= 15 is 0 Å². The summed E-state index contributed by atoms with van der Waals surface area (Å²) in [5.74, 6) is 0. The lowest BCUT2D eigenvalue weighted by Gasteiger charge is -2.45. The second-order valence-corrected chi connectivity index (χ2v) is 10.1. The van der Waals surface area contributed by atoms with Crippen molar-refractivity contribution >= 4 is 6.09 Å². The summed E-state index contributed by atoms with van der Waals surface area (Å²) in [5.41, 5.74) is 1.30. The fourth-order valence-electron chi connectivity index (χ4n) is 4.99. The van der Waals surface area contributed by atoms with Crippen LogP contribution in [-0.2, 0) is 16.9 Å². The van der Waals surface area contributed by atoms with E-state index in [4.69, 9.17) is 4.74 Å². The number of ether oxygens (including phenoxy) is 1. The zero-order valence-corrected chi connectivity index (χ0v) is 21.0. The van der Waals surface area contributed by atoms with E-state index in [0.29, 0.717) is 19.4 Å². The number of carbonyl (C=O) groups excluding carboxylic acids is 1. The summed E-state index contributed by atoms with van der Waals surface area (Å²) in [4.78, 5) is 27.1. The summed E-state index contributed by atoms with van der Waals surface area (Å²) in [6.07, 6.45) is 2.05. The summed E-state index contributed by atoms with van der Waals surface area (Å²) < 4.78 is 20.0. The van der Waals surface area contributed by atoms with Crippen molar-refractivity contribution in [1.29, 1.82) is 0 Å². The van der Waals surface area contributed by atoms with Gasteiger partial charge in [0, 0.05) is 31.6 Å². The van der Waals surface area contributed by atoms with Gasteiger partial charge in [-0.1, -0.05) is 54.6 Å². The van der Waals surface area contributed by atoms with E-state index in [1.54, 1.807) is 31.0 Å². The maximum absolute atomic E-state index is 13.3. The van der Waals surface area contributed by atoms with Crippen LogP contribution in [0.25, 0.3) is 11.1 Å². The number of aryl methyl sites for hydroxylation is 1. The van der Waals surface area contributed by atoms with E-state index in [1.807, 2.05) is 61.5 Å². The van der Waals surface area contributed by atoms with Crippen molar-refractivity contribution in [3.8, 4) is 11.1 Å². The molecule has 1 N–H and O–H groups in total. The van der Waals surface area contributed by atoms with Gasteiger partial charge in [0.15, 0.2) is 0 Å². The van der Waals surface area contributed by atoms with Crippen LogP contribution in [0.15, 0.2) is 77.7 Å². The average Bonchev–Trinajstić information content (AvgIpc) is 2.85. The Labute approximate surface area is 211 Å². The van der Waals surface area contributed by atoms with Crippen molar-refractivity contribution in [2.75, 3.05) is 13.2 Å². The smallest absolute Gasteiger partial charge is 0.411 e. The largest absolute Gasteiger partial charge is 0.438 e. The first-order valence-corrected chi connectivity index (χ1v) is 12.3. The molecule has 36 heavy (non-hydrogen) atoms. The minimum Gasteiger partial charge on any atom is -0.438 e. The molecule has 4 rings (SSSR count). The highest BCUT2D eigenvalue weighted by atomic mass is 19.1. The molecule has 2 aromatic carbocycles. The second kappa shape index (κ2) is 10.3. The molecule has 2 atom stereocenters. The Morgan fingerprint density at radius 3 is 2.33 bits per heavy atom. The maximum atomic E-state index is 13.3. The van der Waals surface area contributed by atoms with Crippen molar-refractivity contribution < 1.29 is 19.0 Å². The van der Waals surface area contributed by atoms with Crippen LogP contribution in [0.3, 0.4) is 0 Å². The molecule has 2 heterocycles. The number of pyridine rings is 1.